The quantitative estimate of drug-likeness (QED) is 0.0261. The SMILES string of the molecule is CC/C=C\C/C=C\C/C=C\CCCCCCCCCC(=O)OC(COC(=O)CCCCCCC/C=C\C/C=C\CCCCCC)COC(=O)CCCCCCCCCCCCCCCCCCCCC/C=C\CCCCCCCCCC. The lowest BCUT2D eigenvalue weighted by Gasteiger charge is -2.18. The van der Waals surface area contributed by atoms with Crippen LogP contribution in [-0.2, 0) is 28.6 Å². The fraction of sp³-hybridized carbons (Fsp3) is 0.803. The lowest BCUT2D eigenvalue weighted by atomic mass is 10.0. The van der Waals surface area contributed by atoms with E-state index in [0.717, 1.165) is 103 Å². The second-order valence-electron chi connectivity index (χ2n) is 24.1. The number of unbranched alkanes of at least 4 members (excludes halogenated alkanes) is 43. The van der Waals surface area contributed by atoms with Crippen molar-refractivity contribution in [3.05, 3.63) is 72.9 Å². The van der Waals surface area contributed by atoms with Gasteiger partial charge in [-0.1, -0.05) is 318 Å². The molecule has 0 saturated heterocycles. The van der Waals surface area contributed by atoms with Crippen molar-refractivity contribution in [2.75, 3.05) is 13.2 Å². The monoisotopic (exact) mass is 1150 g/mol. The van der Waals surface area contributed by atoms with Gasteiger partial charge in [0.05, 0.1) is 0 Å². The van der Waals surface area contributed by atoms with E-state index in [-0.39, 0.29) is 31.1 Å². The first-order valence-electron chi connectivity index (χ1n) is 35.9. The van der Waals surface area contributed by atoms with Crippen molar-refractivity contribution in [1.82, 2.24) is 0 Å². The van der Waals surface area contributed by atoms with Gasteiger partial charge in [-0.15, -0.1) is 0 Å². The number of carbonyl (C=O) groups excluding carboxylic acids is 3. The smallest absolute Gasteiger partial charge is 0.306 e. The van der Waals surface area contributed by atoms with Crippen molar-refractivity contribution in [2.45, 2.75) is 380 Å². The Morgan fingerprint density at radius 1 is 0.256 bits per heavy atom. The third kappa shape index (κ3) is 67.6. The molecule has 0 aromatic heterocycles. The Kier molecular flexibility index (Phi) is 67.6. The van der Waals surface area contributed by atoms with Crippen molar-refractivity contribution >= 4 is 17.9 Å². The number of ether oxygens (including phenoxy) is 3. The Hall–Kier alpha value is -3.15. The molecule has 0 aliphatic carbocycles. The second-order valence-corrected chi connectivity index (χ2v) is 24.1. The highest BCUT2D eigenvalue weighted by atomic mass is 16.6. The van der Waals surface area contributed by atoms with E-state index < -0.39 is 6.10 Å². The van der Waals surface area contributed by atoms with Crippen LogP contribution < -0.4 is 0 Å². The van der Waals surface area contributed by atoms with Crippen LogP contribution in [0.3, 0.4) is 0 Å². The molecule has 1 atom stereocenters. The first-order chi connectivity index (χ1) is 40.5. The number of rotatable bonds is 66. The first kappa shape index (κ1) is 78.8. The number of carbonyl (C=O) groups is 3. The normalized spacial score (nSPS) is 12.5. The number of hydrogen-bond acceptors (Lipinski definition) is 6. The number of allylic oxidation sites excluding steroid dienone is 12. The Labute approximate surface area is 510 Å². The Balaban J connectivity index is 4.21. The molecule has 82 heavy (non-hydrogen) atoms. The second kappa shape index (κ2) is 70.3. The van der Waals surface area contributed by atoms with E-state index in [4.69, 9.17) is 14.2 Å². The summed E-state index contributed by atoms with van der Waals surface area (Å²) in [7, 11) is 0. The highest BCUT2D eigenvalue weighted by Gasteiger charge is 2.19. The average molecular weight is 1150 g/mol. The van der Waals surface area contributed by atoms with Gasteiger partial charge >= 0.3 is 17.9 Å². The fourth-order valence-corrected chi connectivity index (χ4v) is 10.5. The minimum absolute atomic E-state index is 0.0811. The van der Waals surface area contributed by atoms with Crippen LogP contribution in [0.4, 0.5) is 0 Å². The topological polar surface area (TPSA) is 78.9 Å². The van der Waals surface area contributed by atoms with Crippen LogP contribution in [-0.4, -0.2) is 37.2 Å². The van der Waals surface area contributed by atoms with Crippen LogP contribution in [0.1, 0.15) is 374 Å². The molecule has 0 spiro atoms. The van der Waals surface area contributed by atoms with E-state index >= 15 is 0 Å². The molecular weight excluding hydrogens is 1010 g/mol. The predicted octanol–water partition coefficient (Wildman–Crippen LogP) is 24.8. The molecule has 0 amide bonds. The summed E-state index contributed by atoms with van der Waals surface area (Å²) in [5, 5.41) is 0. The predicted molar refractivity (Wildman–Crippen MR) is 358 cm³/mol. The largest absolute Gasteiger partial charge is 0.462 e. The minimum atomic E-state index is -0.787. The lowest BCUT2D eigenvalue weighted by molar-refractivity contribution is -0.167. The summed E-state index contributed by atoms with van der Waals surface area (Å²) >= 11 is 0. The third-order valence-corrected chi connectivity index (χ3v) is 15.9. The van der Waals surface area contributed by atoms with E-state index in [1.165, 1.54) is 231 Å². The molecule has 0 fully saturated rings. The molecule has 0 heterocycles. The van der Waals surface area contributed by atoms with E-state index in [1.807, 2.05) is 0 Å². The summed E-state index contributed by atoms with van der Waals surface area (Å²) < 4.78 is 17.0. The lowest BCUT2D eigenvalue weighted by Crippen LogP contribution is -2.30. The summed E-state index contributed by atoms with van der Waals surface area (Å²) in [4.78, 5) is 38.4. The molecule has 6 heteroatoms. The van der Waals surface area contributed by atoms with Gasteiger partial charge in [-0.25, -0.2) is 0 Å². The van der Waals surface area contributed by atoms with Gasteiger partial charge in [0.25, 0.3) is 0 Å². The minimum Gasteiger partial charge on any atom is -0.462 e. The molecule has 476 valence electrons. The van der Waals surface area contributed by atoms with Crippen molar-refractivity contribution in [3.63, 3.8) is 0 Å². The van der Waals surface area contributed by atoms with Crippen LogP contribution >= 0.6 is 0 Å². The zero-order valence-corrected chi connectivity index (χ0v) is 54.8. The summed E-state index contributed by atoms with van der Waals surface area (Å²) in [5.74, 6) is -0.886. The molecule has 0 saturated carbocycles. The maximum atomic E-state index is 12.9. The Bertz CT molecular complexity index is 1500. The van der Waals surface area contributed by atoms with Crippen LogP contribution in [0.2, 0.25) is 0 Å². The van der Waals surface area contributed by atoms with E-state index in [2.05, 4.69) is 93.7 Å². The van der Waals surface area contributed by atoms with Crippen molar-refractivity contribution < 1.29 is 28.6 Å². The van der Waals surface area contributed by atoms with Gasteiger partial charge < -0.3 is 14.2 Å². The average Bonchev–Trinajstić information content (AvgIpc) is 3.47. The number of hydrogen-bond donors (Lipinski definition) is 0. The van der Waals surface area contributed by atoms with Crippen LogP contribution in [0.5, 0.6) is 0 Å². The van der Waals surface area contributed by atoms with Crippen molar-refractivity contribution in [2.24, 2.45) is 0 Å². The molecule has 0 N–H and O–H groups in total. The van der Waals surface area contributed by atoms with Crippen LogP contribution in [0.25, 0.3) is 0 Å². The van der Waals surface area contributed by atoms with Crippen molar-refractivity contribution in [3.8, 4) is 0 Å². The summed E-state index contributed by atoms with van der Waals surface area (Å²) in [5.41, 5.74) is 0. The molecular formula is C76H136O6. The van der Waals surface area contributed by atoms with Gasteiger partial charge in [0.15, 0.2) is 6.10 Å². The highest BCUT2D eigenvalue weighted by molar-refractivity contribution is 5.71. The Morgan fingerprint density at radius 2 is 0.476 bits per heavy atom. The number of esters is 3. The highest BCUT2D eigenvalue weighted by Crippen LogP contribution is 2.18. The molecule has 0 radical (unpaired) electrons. The molecule has 0 aliphatic rings. The van der Waals surface area contributed by atoms with E-state index in [0.29, 0.717) is 19.3 Å². The molecule has 1 unspecified atom stereocenters. The molecule has 0 aromatic rings. The van der Waals surface area contributed by atoms with Crippen LogP contribution in [0, 0.1) is 0 Å². The summed E-state index contributed by atoms with van der Waals surface area (Å²) in [6.07, 6.45) is 92.3. The maximum Gasteiger partial charge on any atom is 0.306 e. The first-order valence-corrected chi connectivity index (χ1v) is 35.9. The van der Waals surface area contributed by atoms with Gasteiger partial charge in [-0.2, -0.15) is 0 Å². The third-order valence-electron chi connectivity index (χ3n) is 15.9. The standard InChI is InChI=1S/C76H136O6/c1-4-7-10-13-16-19-22-25-28-31-32-33-34-35-36-37-38-39-40-41-42-43-44-46-48-51-54-57-60-63-66-69-75(78)81-72-73(71-80-74(77)68-65-62-59-56-53-50-47-30-27-24-21-18-15-12-9-6-3)82-76(79)70-67-64-61-58-55-52-49-45-29-26-23-20-17-14-11-8-5-2/h8,11,17,20-21,24,26,29-32,47,73H,4-7,9-10,12-16,18-19,22-23,25,27-28,33-46,48-72H2,1-3H3/b11-8-,20-17-,24-21-,29-26-,32-31-,47-30-. The van der Waals surface area contributed by atoms with Crippen LogP contribution in [0.15, 0.2) is 72.9 Å². The fourth-order valence-electron chi connectivity index (χ4n) is 10.5. The van der Waals surface area contributed by atoms with E-state index in [9.17, 15) is 14.4 Å². The molecule has 0 rings (SSSR count). The zero-order chi connectivity index (χ0) is 59.2. The summed E-state index contributed by atoms with van der Waals surface area (Å²) in [6.45, 7) is 6.54. The van der Waals surface area contributed by atoms with Gasteiger partial charge in [-0.05, 0) is 109 Å². The van der Waals surface area contributed by atoms with Gasteiger partial charge in [0.1, 0.15) is 13.2 Å². The van der Waals surface area contributed by atoms with Gasteiger partial charge in [-0.3, -0.25) is 14.4 Å². The molecule has 0 bridgehead atoms. The molecule has 0 aromatic carbocycles. The Morgan fingerprint density at radius 3 is 0.768 bits per heavy atom. The molecule has 6 nitrogen and oxygen atoms in total. The maximum absolute atomic E-state index is 12.9. The van der Waals surface area contributed by atoms with E-state index in [1.54, 1.807) is 0 Å². The summed E-state index contributed by atoms with van der Waals surface area (Å²) in [6, 6.07) is 0. The van der Waals surface area contributed by atoms with Crippen molar-refractivity contribution in [1.29, 1.82) is 0 Å². The van der Waals surface area contributed by atoms with Gasteiger partial charge in [0.2, 0.25) is 0 Å². The van der Waals surface area contributed by atoms with Gasteiger partial charge in [0, 0.05) is 19.3 Å². The zero-order valence-electron chi connectivity index (χ0n) is 54.8. The molecule has 0 aliphatic heterocycles.